The quantitative estimate of drug-likeness (QED) is 0.254. The highest BCUT2D eigenvalue weighted by atomic mass is 35.5. The van der Waals surface area contributed by atoms with Crippen LogP contribution in [0.1, 0.15) is 31.0 Å². The largest absolute Gasteiger partial charge is 0.496 e. The van der Waals surface area contributed by atoms with E-state index < -0.39 is 11.9 Å². The third-order valence-electron chi connectivity index (χ3n) is 5.64. The molecular weight excluding hydrogens is 495 g/mol. The van der Waals surface area contributed by atoms with Gasteiger partial charge in [0.1, 0.15) is 5.75 Å². The highest BCUT2D eigenvalue weighted by Gasteiger charge is 2.35. The first-order chi connectivity index (χ1) is 17.1. The van der Waals surface area contributed by atoms with Gasteiger partial charge >= 0.3 is 6.18 Å². The molecule has 0 radical (unpaired) electrons. The second-order valence-electron chi connectivity index (χ2n) is 8.37. The summed E-state index contributed by atoms with van der Waals surface area (Å²) in [6.45, 7) is 4.08. The fourth-order valence-corrected chi connectivity index (χ4v) is 3.93. The zero-order valence-electron chi connectivity index (χ0n) is 19.3. The number of alkyl halides is 3. The van der Waals surface area contributed by atoms with Gasteiger partial charge in [-0.25, -0.2) is 9.50 Å². The molecule has 0 aliphatic carbocycles. The Hall–Kier alpha value is -3.92. The van der Waals surface area contributed by atoms with Crippen LogP contribution in [-0.4, -0.2) is 31.8 Å². The Labute approximate surface area is 208 Å². The van der Waals surface area contributed by atoms with E-state index in [1.165, 1.54) is 13.2 Å². The van der Waals surface area contributed by atoms with Gasteiger partial charge in [-0.2, -0.15) is 23.3 Å². The molecular formula is C25H19ClF3N5O2. The maximum atomic E-state index is 14.0. The number of fused-ring (bicyclic) bond motifs is 1. The van der Waals surface area contributed by atoms with Crippen LogP contribution in [0.25, 0.3) is 39.9 Å². The minimum Gasteiger partial charge on any atom is -0.496 e. The predicted molar refractivity (Wildman–Crippen MR) is 128 cm³/mol. The molecule has 2 aromatic carbocycles. The van der Waals surface area contributed by atoms with E-state index in [1.54, 1.807) is 30.3 Å². The number of ether oxygens (including phenoxy) is 1. The molecule has 0 spiro atoms. The lowest BCUT2D eigenvalue weighted by atomic mass is 10.0. The van der Waals surface area contributed by atoms with Crippen molar-refractivity contribution in [2.24, 2.45) is 0 Å². The number of aromatic nitrogens is 5. The van der Waals surface area contributed by atoms with Crippen LogP contribution in [0.3, 0.4) is 0 Å². The summed E-state index contributed by atoms with van der Waals surface area (Å²) in [6, 6.07) is 14.5. The molecule has 0 saturated heterocycles. The van der Waals surface area contributed by atoms with E-state index in [0.29, 0.717) is 27.8 Å². The SMILES string of the molecule is COc1ccc(Cl)cc1-c1noc(-c2cc3nc(-c4ccc(C(C)C)cc4)cc(C(F)(F)F)n3n2)n1. The number of hydrogen-bond donors (Lipinski definition) is 0. The van der Waals surface area contributed by atoms with E-state index in [9.17, 15) is 13.2 Å². The average Bonchev–Trinajstić information content (AvgIpc) is 3.50. The van der Waals surface area contributed by atoms with Crippen molar-refractivity contribution in [2.75, 3.05) is 7.11 Å². The Morgan fingerprint density at radius 2 is 1.72 bits per heavy atom. The van der Waals surface area contributed by atoms with Crippen LogP contribution in [0.2, 0.25) is 5.02 Å². The summed E-state index contributed by atoms with van der Waals surface area (Å²) in [7, 11) is 1.48. The first-order valence-electron chi connectivity index (χ1n) is 10.9. The van der Waals surface area contributed by atoms with Crippen LogP contribution >= 0.6 is 11.6 Å². The second kappa shape index (κ2) is 8.94. The zero-order valence-corrected chi connectivity index (χ0v) is 20.1. The van der Waals surface area contributed by atoms with Crippen LogP contribution in [0, 0.1) is 0 Å². The van der Waals surface area contributed by atoms with Crippen molar-refractivity contribution in [3.05, 3.63) is 70.9 Å². The summed E-state index contributed by atoms with van der Waals surface area (Å²) in [5.74, 6) is 0.824. The zero-order chi connectivity index (χ0) is 25.6. The lowest BCUT2D eigenvalue weighted by Gasteiger charge is -2.11. The highest BCUT2D eigenvalue weighted by molar-refractivity contribution is 6.30. The highest BCUT2D eigenvalue weighted by Crippen LogP contribution is 2.35. The lowest BCUT2D eigenvalue weighted by Crippen LogP contribution is -2.13. The van der Waals surface area contributed by atoms with Gasteiger partial charge in [0.2, 0.25) is 5.82 Å². The van der Waals surface area contributed by atoms with Crippen LogP contribution in [-0.2, 0) is 6.18 Å². The number of rotatable bonds is 5. The van der Waals surface area contributed by atoms with Crippen molar-refractivity contribution in [2.45, 2.75) is 25.9 Å². The van der Waals surface area contributed by atoms with Crippen molar-refractivity contribution in [1.29, 1.82) is 0 Å². The summed E-state index contributed by atoms with van der Waals surface area (Å²) in [6.07, 6.45) is -4.68. The molecule has 36 heavy (non-hydrogen) atoms. The molecule has 3 heterocycles. The van der Waals surface area contributed by atoms with Gasteiger partial charge in [0.25, 0.3) is 5.89 Å². The van der Waals surface area contributed by atoms with Gasteiger partial charge in [0.15, 0.2) is 17.0 Å². The molecule has 0 atom stereocenters. The molecule has 11 heteroatoms. The first kappa shape index (κ1) is 23.8. The Morgan fingerprint density at radius 1 is 0.972 bits per heavy atom. The summed E-state index contributed by atoms with van der Waals surface area (Å²) in [4.78, 5) is 8.71. The number of benzene rings is 2. The van der Waals surface area contributed by atoms with Gasteiger partial charge < -0.3 is 9.26 Å². The van der Waals surface area contributed by atoms with Gasteiger partial charge in [0.05, 0.1) is 18.4 Å². The molecule has 5 aromatic rings. The van der Waals surface area contributed by atoms with E-state index in [4.69, 9.17) is 20.9 Å². The Balaban J connectivity index is 1.60. The topological polar surface area (TPSA) is 78.3 Å². The monoisotopic (exact) mass is 513 g/mol. The third kappa shape index (κ3) is 4.39. The molecule has 0 N–H and O–H groups in total. The normalized spacial score (nSPS) is 12.0. The van der Waals surface area contributed by atoms with Crippen molar-refractivity contribution < 1.29 is 22.4 Å². The summed E-state index contributed by atoms with van der Waals surface area (Å²) in [5.41, 5.74) is 1.33. The van der Waals surface area contributed by atoms with E-state index in [1.807, 2.05) is 26.0 Å². The standard InChI is InChI=1S/C25H19ClF3N5O2/c1-13(2)14-4-6-15(7-5-14)18-11-21(25(27,28)29)34-22(30-18)12-19(32-34)24-31-23(33-36-24)17-10-16(26)8-9-20(17)35-3/h4-13H,1-3H3. The molecule has 0 aliphatic rings. The van der Waals surface area contributed by atoms with Gasteiger partial charge in [-0.15, -0.1) is 0 Å². The van der Waals surface area contributed by atoms with E-state index >= 15 is 0 Å². The summed E-state index contributed by atoms with van der Waals surface area (Å²) in [5, 5.41) is 8.42. The van der Waals surface area contributed by atoms with Crippen LogP contribution in [0.5, 0.6) is 5.75 Å². The number of hydrogen-bond acceptors (Lipinski definition) is 6. The van der Waals surface area contributed by atoms with Crippen LogP contribution < -0.4 is 4.74 Å². The molecule has 3 aromatic heterocycles. The number of nitrogens with zero attached hydrogens (tertiary/aromatic N) is 5. The van der Waals surface area contributed by atoms with E-state index in [2.05, 4.69) is 20.2 Å². The fraction of sp³-hybridized carbons (Fsp3) is 0.200. The smallest absolute Gasteiger partial charge is 0.433 e. The first-order valence-corrected chi connectivity index (χ1v) is 11.3. The molecule has 0 unspecified atom stereocenters. The van der Waals surface area contributed by atoms with Crippen LogP contribution in [0.4, 0.5) is 13.2 Å². The molecule has 0 amide bonds. The summed E-state index contributed by atoms with van der Waals surface area (Å²) >= 11 is 6.08. The lowest BCUT2D eigenvalue weighted by molar-refractivity contribution is -0.142. The van der Waals surface area contributed by atoms with Crippen molar-refractivity contribution >= 4 is 17.2 Å². The van der Waals surface area contributed by atoms with Crippen LogP contribution in [0.15, 0.2) is 59.1 Å². The van der Waals surface area contributed by atoms with Crippen molar-refractivity contribution in [3.8, 4) is 40.0 Å². The molecule has 0 bridgehead atoms. The number of methoxy groups -OCH3 is 1. The average molecular weight is 514 g/mol. The minimum atomic E-state index is -4.68. The van der Waals surface area contributed by atoms with E-state index in [-0.39, 0.29) is 28.8 Å². The third-order valence-corrected chi connectivity index (χ3v) is 5.87. The summed E-state index contributed by atoms with van der Waals surface area (Å²) < 4.78 is 53.3. The fourth-order valence-electron chi connectivity index (χ4n) is 3.76. The second-order valence-corrected chi connectivity index (χ2v) is 8.80. The van der Waals surface area contributed by atoms with Crippen molar-refractivity contribution in [3.63, 3.8) is 0 Å². The minimum absolute atomic E-state index is 0.0113. The predicted octanol–water partition coefficient (Wildman–Crippen LogP) is 6.92. The van der Waals surface area contributed by atoms with Gasteiger partial charge in [-0.1, -0.05) is 54.9 Å². The molecule has 184 valence electrons. The van der Waals surface area contributed by atoms with Gasteiger partial charge in [-0.05, 0) is 35.7 Å². The Kier molecular flexibility index (Phi) is 5.91. The molecule has 7 nitrogen and oxygen atoms in total. The van der Waals surface area contributed by atoms with E-state index in [0.717, 1.165) is 16.1 Å². The Bertz CT molecular complexity index is 1560. The van der Waals surface area contributed by atoms with Gasteiger partial charge in [-0.3, -0.25) is 0 Å². The van der Waals surface area contributed by atoms with Gasteiger partial charge in [0, 0.05) is 16.7 Å². The maximum absolute atomic E-state index is 14.0. The number of halogens is 4. The molecule has 0 saturated carbocycles. The molecule has 0 fully saturated rings. The van der Waals surface area contributed by atoms with Crippen molar-refractivity contribution in [1.82, 2.24) is 24.7 Å². The molecule has 5 rings (SSSR count). The maximum Gasteiger partial charge on any atom is 0.433 e. The molecule has 0 aliphatic heterocycles. The Morgan fingerprint density at radius 3 is 2.39 bits per heavy atom.